The molecule has 0 bridgehead atoms. The Labute approximate surface area is 88.7 Å². The van der Waals surface area contributed by atoms with Crippen LogP contribution in [0.25, 0.3) is 0 Å². The van der Waals surface area contributed by atoms with E-state index in [4.69, 9.17) is 5.73 Å². The van der Waals surface area contributed by atoms with E-state index < -0.39 is 0 Å². The SMILES string of the molecule is Cc1nc(CCNC2CC(N)C2)cs1. The first-order valence-electron chi connectivity index (χ1n) is 5.14. The summed E-state index contributed by atoms with van der Waals surface area (Å²) in [5, 5.41) is 6.79. The summed E-state index contributed by atoms with van der Waals surface area (Å²) in [6.45, 7) is 3.08. The van der Waals surface area contributed by atoms with Crippen molar-refractivity contribution in [3.63, 3.8) is 0 Å². The Balaban J connectivity index is 1.63. The molecule has 1 heterocycles. The molecule has 2 rings (SSSR count). The number of thiazole rings is 1. The van der Waals surface area contributed by atoms with E-state index in [2.05, 4.69) is 15.7 Å². The van der Waals surface area contributed by atoms with Gasteiger partial charge in [-0.15, -0.1) is 11.3 Å². The molecular weight excluding hydrogens is 194 g/mol. The summed E-state index contributed by atoms with van der Waals surface area (Å²) < 4.78 is 0. The first-order valence-corrected chi connectivity index (χ1v) is 6.02. The third-order valence-electron chi connectivity index (χ3n) is 2.66. The third kappa shape index (κ3) is 2.53. The second kappa shape index (κ2) is 4.38. The molecule has 0 radical (unpaired) electrons. The highest BCUT2D eigenvalue weighted by atomic mass is 32.1. The van der Waals surface area contributed by atoms with Crippen LogP contribution in [0.2, 0.25) is 0 Å². The molecule has 3 N–H and O–H groups in total. The van der Waals surface area contributed by atoms with Crippen LogP contribution in [0.5, 0.6) is 0 Å². The number of aryl methyl sites for hydroxylation is 1. The van der Waals surface area contributed by atoms with Gasteiger partial charge in [0.15, 0.2) is 0 Å². The third-order valence-corrected chi connectivity index (χ3v) is 3.48. The average Bonchev–Trinajstić information content (AvgIpc) is 2.48. The van der Waals surface area contributed by atoms with E-state index in [0.29, 0.717) is 12.1 Å². The van der Waals surface area contributed by atoms with Crippen molar-refractivity contribution in [3.8, 4) is 0 Å². The van der Waals surface area contributed by atoms with Crippen LogP contribution in [-0.2, 0) is 6.42 Å². The fourth-order valence-corrected chi connectivity index (χ4v) is 2.40. The van der Waals surface area contributed by atoms with Crippen LogP contribution < -0.4 is 11.1 Å². The molecule has 1 aromatic heterocycles. The minimum atomic E-state index is 0.439. The van der Waals surface area contributed by atoms with Crippen LogP contribution >= 0.6 is 11.3 Å². The zero-order chi connectivity index (χ0) is 9.97. The van der Waals surface area contributed by atoms with Crippen molar-refractivity contribution in [3.05, 3.63) is 16.1 Å². The summed E-state index contributed by atoms with van der Waals surface area (Å²) in [6.07, 6.45) is 3.31. The summed E-state index contributed by atoms with van der Waals surface area (Å²) >= 11 is 1.72. The predicted octanol–water partition coefficient (Wildman–Crippen LogP) is 1.07. The van der Waals surface area contributed by atoms with Gasteiger partial charge in [-0.2, -0.15) is 0 Å². The van der Waals surface area contributed by atoms with Crippen molar-refractivity contribution in [2.45, 2.75) is 38.3 Å². The first kappa shape index (κ1) is 10.1. The topological polar surface area (TPSA) is 50.9 Å². The fourth-order valence-electron chi connectivity index (χ4n) is 1.76. The van der Waals surface area contributed by atoms with Gasteiger partial charge in [-0.3, -0.25) is 0 Å². The minimum absolute atomic E-state index is 0.439. The fraction of sp³-hybridized carbons (Fsp3) is 0.700. The molecule has 3 nitrogen and oxygen atoms in total. The largest absolute Gasteiger partial charge is 0.328 e. The second-order valence-electron chi connectivity index (χ2n) is 3.99. The molecule has 4 heteroatoms. The lowest BCUT2D eigenvalue weighted by molar-refractivity contribution is 0.294. The molecule has 1 aromatic rings. The second-order valence-corrected chi connectivity index (χ2v) is 5.05. The highest BCUT2D eigenvalue weighted by Gasteiger charge is 2.24. The molecule has 0 saturated heterocycles. The van der Waals surface area contributed by atoms with Gasteiger partial charge in [-0.1, -0.05) is 0 Å². The van der Waals surface area contributed by atoms with Crippen LogP contribution in [0.1, 0.15) is 23.5 Å². The van der Waals surface area contributed by atoms with E-state index in [0.717, 1.165) is 30.8 Å². The molecule has 0 amide bonds. The van der Waals surface area contributed by atoms with Crippen LogP contribution in [0.4, 0.5) is 0 Å². The molecular formula is C10H17N3S. The molecule has 1 aliphatic rings. The molecule has 0 spiro atoms. The zero-order valence-corrected chi connectivity index (χ0v) is 9.31. The Kier molecular flexibility index (Phi) is 3.15. The normalized spacial score (nSPS) is 26.1. The summed E-state index contributed by atoms with van der Waals surface area (Å²) in [6, 6.07) is 1.10. The van der Waals surface area contributed by atoms with E-state index >= 15 is 0 Å². The van der Waals surface area contributed by atoms with Crippen LogP contribution in [-0.4, -0.2) is 23.6 Å². The molecule has 1 fully saturated rings. The molecule has 0 aromatic carbocycles. The number of hydrogen-bond donors (Lipinski definition) is 2. The van der Waals surface area contributed by atoms with Crippen molar-refractivity contribution in [2.75, 3.05) is 6.54 Å². The highest BCUT2D eigenvalue weighted by molar-refractivity contribution is 7.09. The van der Waals surface area contributed by atoms with Crippen molar-refractivity contribution in [1.29, 1.82) is 0 Å². The summed E-state index contributed by atoms with van der Waals surface area (Å²) in [7, 11) is 0. The lowest BCUT2D eigenvalue weighted by Gasteiger charge is -2.33. The molecule has 78 valence electrons. The van der Waals surface area contributed by atoms with Gasteiger partial charge in [-0.25, -0.2) is 4.98 Å². The Bertz CT molecular complexity index is 291. The van der Waals surface area contributed by atoms with Gasteiger partial charge < -0.3 is 11.1 Å². The minimum Gasteiger partial charge on any atom is -0.328 e. The highest BCUT2D eigenvalue weighted by Crippen LogP contribution is 2.17. The smallest absolute Gasteiger partial charge is 0.0897 e. The van der Waals surface area contributed by atoms with Gasteiger partial charge in [-0.05, 0) is 19.8 Å². The maximum atomic E-state index is 5.70. The van der Waals surface area contributed by atoms with Crippen molar-refractivity contribution < 1.29 is 0 Å². The molecule has 14 heavy (non-hydrogen) atoms. The molecule has 1 saturated carbocycles. The quantitative estimate of drug-likeness (QED) is 0.783. The van der Waals surface area contributed by atoms with Crippen LogP contribution in [0.15, 0.2) is 5.38 Å². The van der Waals surface area contributed by atoms with Crippen LogP contribution in [0.3, 0.4) is 0 Å². The van der Waals surface area contributed by atoms with Crippen molar-refractivity contribution in [1.82, 2.24) is 10.3 Å². The number of nitrogens with one attached hydrogen (secondary N) is 1. The lowest BCUT2D eigenvalue weighted by Crippen LogP contribution is -2.48. The molecule has 0 aliphatic heterocycles. The van der Waals surface area contributed by atoms with Crippen molar-refractivity contribution >= 4 is 11.3 Å². The average molecular weight is 211 g/mol. The van der Waals surface area contributed by atoms with E-state index in [9.17, 15) is 0 Å². The van der Waals surface area contributed by atoms with Crippen LogP contribution in [0, 0.1) is 6.92 Å². The van der Waals surface area contributed by atoms with Gasteiger partial charge in [0, 0.05) is 30.4 Å². The Hall–Kier alpha value is -0.450. The maximum absolute atomic E-state index is 5.70. The van der Waals surface area contributed by atoms with E-state index in [1.54, 1.807) is 11.3 Å². The predicted molar refractivity (Wildman–Crippen MR) is 59.6 cm³/mol. The molecule has 0 unspecified atom stereocenters. The molecule has 0 atom stereocenters. The number of rotatable bonds is 4. The monoisotopic (exact) mass is 211 g/mol. The number of nitrogens with zero attached hydrogens (tertiary/aromatic N) is 1. The first-order chi connectivity index (χ1) is 6.74. The van der Waals surface area contributed by atoms with Gasteiger partial charge in [0.05, 0.1) is 10.7 Å². The van der Waals surface area contributed by atoms with Gasteiger partial charge in [0.2, 0.25) is 0 Å². The standard InChI is InChI=1S/C10H17N3S/c1-7-13-9(6-14-7)2-3-12-10-4-8(11)5-10/h6,8,10,12H,2-5,11H2,1H3. The Morgan fingerprint density at radius 1 is 1.64 bits per heavy atom. The van der Waals surface area contributed by atoms with E-state index in [1.807, 2.05) is 6.92 Å². The Morgan fingerprint density at radius 2 is 2.43 bits per heavy atom. The van der Waals surface area contributed by atoms with Gasteiger partial charge >= 0.3 is 0 Å². The summed E-state index contributed by atoms with van der Waals surface area (Å²) in [5.41, 5.74) is 6.92. The van der Waals surface area contributed by atoms with E-state index in [1.165, 1.54) is 5.69 Å². The summed E-state index contributed by atoms with van der Waals surface area (Å²) in [5.74, 6) is 0. The van der Waals surface area contributed by atoms with E-state index in [-0.39, 0.29) is 0 Å². The Morgan fingerprint density at radius 3 is 3.00 bits per heavy atom. The number of aromatic nitrogens is 1. The zero-order valence-electron chi connectivity index (χ0n) is 8.49. The van der Waals surface area contributed by atoms with Crippen molar-refractivity contribution in [2.24, 2.45) is 5.73 Å². The number of hydrogen-bond acceptors (Lipinski definition) is 4. The summed E-state index contributed by atoms with van der Waals surface area (Å²) in [4.78, 5) is 4.42. The van der Waals surface area contributed by atoms with Gasteiger partial charge in [0.25, 0.3) is 0 Å². The molecule has 1 aliphatic carbocycles. The van der Waals surface area contributed by atoms with Gasteiger partial charge in [0.1, 0.15) is 0 Å². The maximum Gasteiger partial charge on any atom is 0.0897 e. The number of nitrogens with two attached hydrogens (primary N) is 1. The lowest BCUT2D eigenvalue weighted by atomic mass is 9.87.